The van der Waals surface area contributed by atoms with E-state index < -0.39 is 0 Å². The van der Waals surface area contributed by atoms with E-state index in [1.807, 2.05) is 60.7 Å². The topological polar surface area (TPSA) is 42.2 Å². The molecule has 2 aromatic carbocycles. The number of furan rings is 1. The highest BCUT2D eigenvalue weighted by Crippen LogP contribution is 2.27. The third kappa shape index (κ3) is 3.19. The number of nitrogens with one attached hydrogen (secondary N) is 1. The summed E-state index contributed by atoms with van der Waals surface area (Å²) in [5.41, 5.74) is 3.36. The van der Waals surface area contributed by atoms with E-state index in [-0.39, 0.29) is 5.91 Å². The molecule has 0 aliphatic carbocycles. The molecule has 3 nitrogen and oxygen atoms in total. The standard InChI is InChI=1S/C20H19NO2/c1-14(2)15-8-5-6-11-18(15)21-20(22)17-10-4-3-9-16(17)19-12-7-13-23-19/h3-14H,1-2H3,(H,21,22). The average Bonchev–Trinajstić information content (AvgIpc) is 3.09. The van der Waals surface area contributed by atoms with E-state index in [1.54, 1.807) is 6.26 Å². The second kappa shape index (κ2) is 6.53. The third-order valence-corrected chi connectivity index (χ3v) is 3.79. The van der Waals surface area contributed by atoms with Gasteiger partial charge in [0.05, 0.1) is 11.8 Å². The van der Waals surface area contributed by atoms with Crippen LogP contribution in [0.2, 0.25) is 0 Å². The Morgan fingerprint density at radius 2 is 1.70 bits per heavy atom. The molecule has 0 fully saturated rings. The largest absolute Gasteiger partial charge is 0.464 e. The zero-order valence-electron chi connectivity index (χ0n) is 13.2. The van der Waals surface area contributed by atoms with E-state index in [1.165, 1.54) is 0 Å². The van der Waals surface area contributed by atoms with E-state index >= 15 is 0 Å². The van der Waals surface area contributed by atoms with Crippen LogP contribution >= 0.6 is 0 Å². The van der Waals surface area contributed by atoms with Crippen molar-refractivity contribution in [3.8, 4) is 11.3 Å². The van der Waals surface area contributed by atoms with Crippen molar-refractivity contribution in [2.24, 2.45) is 0 Å². The van der Waals surface area contributed by atoms with Crippen molar-refractivity contribution in [2.45, 2.75) is 19.8 Å². The van der Waals surface area contributed by atoms with Crippen LogP contribution in [0.25, 0.3) is 11.3 Å². The maximum absolute atomic E-state index is 12.8. The molecule has 1 heterocycles. The molecule has 0 saturated carbocycles. The highest BCUT2D eigenvalue weighted by molar-refractivity contribution is 6.08. The van der Waals surface area contributed by atoms with Crippen LogP contribution in [0.15, 0.2) is 71.3 Å². The lowest BCUT2D eigenvalue weighted by atomic mass is 10.0. The summed E-state index contributed by atoms with van der Waals surface area (Å²) in [5, 5.41) is 3.03. The van der Waals surface area contributed by atoms with Gasteiger partial charge in [-0.25, -0.2) is 0 Å². The van der Waals surface area contributed by atoms with Gasteiger partial charge in [0.1, 0.15) is 5.76 Å². The summed E-state index contributed by atoms with van der Waals surface area (Å²) in [5.74, 6) is 0.893. The van der Waals surface area contributed by atoms with E-state index in [0.717, 1.165) is 16.8 Å². The van der Waals surface area contributed by atoms with E-state index in [2.05, 4.69) is 19.2 Å². The molecule has 1 amide bonds. The predicted octanol–water partition coefficient (Wildman–Crippen LogP) is 5.32. The van der Waals surface area contributed by atoms with Crippen molar-refractivity contribution >= 4 is 11.6 Å². The minimum atomic E-state index is -0.134. The van der Waals surface area contributed by atoms with Crippen molar-refractivity contribution in [3.05, 3.63) is 78.1 Å². The minimum Gasteiger partial charge on any atom is -0.464 e. The SMILES string of the molecule is CC(C)c1ccccc1NC(=O)c1ccccc1-c1ccco1. The molecule has 0 saturated heterocycles. The summed E-state index contributed by atoms with van der Waals surface area (Å²) in [4.78, 5) is 12.8. The van der Waals surface area contributed by atoms with Gasteiger partial charge in [0.25, 0.3) is 5.91 Å². The van der Waals surface area contributed by atoms with Gasteiger partial charge in [-0.2, -0.15) is 0 Å². The molecule has 3 aromatic rings. The van der Waals surface area contributed by atoms with Crippen molar-refractivity contribution < 1.29 is 9.21 Å². The number of hydrogen-bond acceptors (Lipinski definition) is 2. The fourth-order valence-corrected chi connectivity index (χ4v) is 2.63. The fourth-order valence-electron chi connectivity index (χ4n) is 2.63. The van der Waals surface area contributed by atoms with E-state index in [4.69, 9.17) is 4.42 Å². The first kappa shape index (κ1) is 15.1. The molecular weight excluding hydrogens is 286 g/mol. The van der Waals surface area contributed by atoms with Crippen molar-refractivity contribution in [1.82, 2.24) is 0 Å². The highest BCUT2D eigenvalue weighted by atomic mass is 16.3. The smallest absolute Gasteiger partial charge is 0.256 e. The summed E-state index contributed by atoms with van der Waals surface area (Å²) in [7, 11) is 0. The van der Waals surface area contributed by atoms with Crippen LogP contribution in [0.3, 0.4) is 0 Å². The number of anilines is 1. The normalized spacial score (nSPS) is 10.7. The lowest BCUT2D eigenvalue weighted by molar-refractivity contribution is 0.102. The highest BCUT2D eigenvalue weighted by Gasteiger charge is 2.16. The number of carbonyl (C=O) groups is 1. The molecule has 0 unspecified atom stereocenters. The average molecular weight is 305 g/mol. The molecular formula is C20H19NO2. The van der Waals surface area contributed by atoms with Crippen LogP contribution in [-0.4, -0.2) is 5.91 Å². The number of rotatable bonds is 4. The maximum Gasteiger partial charge on any atom is 0.256 e. The number of amides is 1. The molecule has 23 heavy (non-hydrogen) atoms. The predicted molar refractivity (Wildman–Crippen MR) is 92.6 cm³/mol. The summed E-state index contributed by atoms with van der Waals surface area (Å²) < 4.78 is 5.44. The molecule has 1 aromatic heterocycles. The monoisotopic (exact) mass is 305 g/mol. The van der Waals surface area contributed by atoms with Crippen LogP contribution in [-0.2, 0) is 0 Å². The Labute approximate surface area is 136 Å². The van der Waals surface area contributed by atoms with Crippen molar-refractivity contribution in [2.75, 3.05) is 5.32 Å². The number of para-hydroxylation sites is 1. The molecule has 3 rings (SSSR count). The van der Waals surface area contributed by atoms with Gasteiger partial charge in [-0.3, -0.25) is 4.79 Å². The minimum absolute atomic E-state index is 0.134. The summed E-state index contributed by atoms with van der Waals surface area (Å²) >= 11 is 0. The summed E-state index contributed by atoms with van der Waals surface area (Å²) in [6.07, 6.45) is 1.61. The second-order valence-corrected chi connectivity index (χ2v) is 5.72. The van der Waals surface area contributed by atoms with Crippen molar-refractivity contribution in [1.29, 1.82) is 0 Å². The lowest BCUT2D eigenvalue weighted by Crippen LogP contribution is -2.14. The molecule has 3 heteroatoms. The number of hydrogen-bond donors (Lipinski definition) is 1. The first-order valence-electron chi connectivity index (χ1n) is 7.70. The molecule has 0 radical (unpaired) electrons. The van der Waals surface area contributed by atoms with Gasteiger partial charge in [0.15, 0.2) is 0 Å². The molecule has 0 aliphatic rings. The Balaban J connectivity index is 1.94. The van der Waals surface area contributed by atoms with Gasteiger partial charge >= 0.3 is 0 Å². The van der Waals surface area contributed by atoms with Crippen LogP contribution in [0, 0.1) is 0 Å². The third-order valence-electron chi connectivity index (χ3n) is 3.79. The molecule has 0 bridgehead atoms. The van der Waals surface area contributed by atoms with Crippen LogP contribution in [0.5, 0.6) is 0 Å². The van der Waals surface area contributed by atoms with Crippen LogP contribution in [0.4, 0.5) is 5.69 Å². The van der Waals surface area contributed by atoms with Gasteiger partial charge in [-0.1, -0.05) is 50.2 Å². The Morgan fingerprint density at radius 3 is 2.43 bits per heavy atom. The summed E-state index contributed by atoms with van der Waals surface area (Å²) in [6.45, 7) is 4.23. The molecule has 116 valence electrons. The fraction of sp³-hybridized carbons (Fsp3) is 0.150. The first-order valence-corrected chi connectivity index (χ1v) is 7.70. The quantitative estimate of drug-likeness (QED) is 0.708. The zero-order valence-corrected chi connectivity index (χ0v) is 13.2. The van der Waals surface area contributed by atoms with Gasteiger partial charge < -0.3 is 9.73 Å². The van der Waals surface area contributed by atoms with Crippen LogP contribution < -0.4 is 5.32 Å². The first-order chi connectivity index (χ1) is 11.2. The molecule has 0 atom stereocenters. The maximum atomic E-state index is 12.8. The molecule has 1 N–H and O–H groups in total. The van der Waals surface area contributed by atoms with Gasteiger partial charge in [0, 0.05) is 11.3 Å². The Kier molecular flexibility index (Phi) is 4.29. The van der Waals surface area contributed by atoms with Gasteiger partial charge in [-0.05, 0) is 35.7 Å². The van der Waals surface area contributed by atoms with E-state index in [9.17, 15) is 4.79 Å². The Morgan fingerprint density at radius 1 is 0.957 bits per heavy atom. The number of benzene rings is 2. The van der Waals surface area contributed by atoms with Gasteiger partial charge in [-0.15, -0.1) is 0 Å². The summed E-state index contributed by atoms with van der Waals surface area (Å²) in [6, 6.07) is 19.0. The van der Waals surface area contributed by atoms with E-state index in [0.29, 0.717) is 17.2 Å². The van der Waals surface area contributed by atoms with Crippen LogP contribution in [0.1, 0.15) is 35.7 Å². The van der Waals surface area contributed by atoms with Gasteiger partial charge in [0.2, 0.25) is 0 Å². The zero-order chi connectivity index (χ0) is 16.2. The molecule has 0 spiro atoms. The Bertz CT molecular complexity index is 804. The Hall–Kier alpha value is -2.81. The second-order valence-electron chi connectivity index (χ2n) is 5.72. The van der Waals surface area contributed by atoms with Crippen molar-refractivity contribution in [3.63, 3.8) is 0 Å². The number of carbonyl (C=O) groups excluding carboxylic acids is 1. The molecule has 0 aliphatic heterocycles. The lowest BCUT2D eigenvalue weighted by Gasteiger charge is -2.14.